The van der Waals surface area contributed by atoms with Crippen LogP contribution in [0.3, 0.4) is 0 Å². The highest BCUT2D eigenvalue weighted by atomic mass is 16.6. The summed E-state index contributed by atoms with van der Waals surface area (Å²) < 4.78 is 0. The highest BCUT2D eigenvalue weighted by Gasteiger charge is 2.22. The molecule has 1 aliphatic heterocycles. The minimum Gasteiger partial charge on any atom is -0.378 e. The molecule has 1 aromatic rings. The van der Waals surface area contributed by atoms with Crippen molar-refractivity contribution in [2.45, 2.75) is 26.2 Å². The number of aryl methyl sites for hydroxylation is 1. The third-order valence-electron chi connectivity index (χ3n) is 2.89. The number of nitrogens with zero attached hydrogens (tertiary/aromatic N) is 4. The van der Waals surface area contributed by atoms with E-state index >= 15 is 0 Å². The van der Waals surface area contributed by atoms with Crippen molar-refractivity contribution in [3.8, 4) is 0 Å². The number of piperidine rings is 1. The summed E-state index contributed by atoms with van der Waals surface area (Å²) in [7, 11) is 0. The van der Waals surface area contributed by atoms with E-state index in [9.17, 15) is 10.1 Å². The van der Waals surface area contributed by atoms with E-state index in [0.29, 0.717) is 11.6 Å². The summed E-state index contributed by atoms with van der Waals surface area (Å²) in [6.07, 6.45) is 3.40. The summed E-state index contributed by atoms with van der Waals surface area (Å²) in [4.78, 5) is 20.5. The van der Waals surface area contributed by atoms with E-state index in [4.69, 9.17) is 5.73 Å². The van der Waals surface area contributed by atoms with Gasteiger partial charge in [0.05, 0.1) is 4.92 Å². The predicted octanol–water partition coefficient (Wildman–Crippen LogP) is 1.27. The number of nitrogen functional groups attached to an aromatic ring is 1. The molecule has 92 valence electrons. The molecule has 2 N–H and O–H groups in total. The molecule has 2 rings (SSSR count). The van der Waals surface area contributed by atoms with E-state index in [-0.39, 0.29) is 11.5 Å². The quantitative estimate of drug-likeness (QED) is 0.614. The van der Waals surface area contributed by atoms with Crippen LogP contribution < -0.4 is 10.6 Å². The Balaban J connectivity index is 2.34. The summed E-state index contributed by atoms with van der Waals surface area (Å²) in [5.41, 5.74) is 5.74. The van der Waals surface area contributed by atoms with Gasteiger partial charge in [-0.15, -0.1) is 0 Å². The Kier molecular flexibility index (Phi) is 3.08. The minimum absolute atomic E-state index is 0.0527. The second-order valence-electron chi connectivity index (χ2n) is 4.15. The van der Waals surface area contributed by atoms with Gasteiger partial charge in [-0.1, -0.05) is 0 Å². The van der Waals surface area contributed by atoms with E-state index in [2.05, 4.69) is 9.97 Å². The van der Waals surface area contributed by atoms with Crippen LogP contribution in [0.4, 0.5) is 17.5 Å². The zero-order chi connectivity index (χ0) is 12.4. The van der Waals surface area contributed by atoms with Crippen molar-refractivity contribution in [1.29, 1.82) is 0 Å². The summed E-state index contributed by atoms with van der Waals surface area (Å²) >= 11 is 0. The second-order valence-corrected chi connectivity index (χ2v) is 4.15. The summed E-state index contributed by atoms with van der Waals surface area (Å²) in [5.74, 6) is 0.452. The van der Waals surface area contributed by atoms with Crippen molar-refractivity contribution in [1.82, 2.24) is 9.97 Å². The Bertz CT molecular complexity index is 419. The zero-order valence-corrected chi connectivity index (χ0v) is 9.72. The van der Waals surface area contributed by atoms with Gasteiger partial charge in [-0.2, -0.15) is 4.98 Å². The summed E-state index contributed by atoms with van der Waals surface area (Å²) in [5, 5.41) is 10.8. The van der Waals surface area contributed by atoms with Crippen LogP contribution in [0.25, 0.3) is 0 Å². The average Bonchev–Trinajstić information content (AvgIpc) is 2.28. The Morgan fingerprint density at radius 3 is 2.47 bits per heavy atom. The predicted molar refractivity (Wildman–Crippen MR) is 63.9 cm³/mol. The van der Waals surface area contributed by atoms with Crippen LogP contribution >= 0.6 is 0 Å². The first-order chi connectivity index (χ1) is 8.09. The Labute approximate surface area is 98.8 Å². The Morgan fingerprint density at radius 2 is 1.94 bits per heavy atom. The Hall–Kier alpha value is -1.92. The topological polar surface area (TPSA) is 98.2 Å². The average molecular weight is 237 g/mol. The van der Waals surface area contributed by atoms with Crippen molar-refractivity contribution < 1.29 is 4.92 Å². The van der Waals surface area contributed by atoms with E-state index < -0.39 is 4.92 Å². The molecule has 0 atom stereocenters. The van der Waals surface area contributed by atoms with Gasteiger partial charge >= 0.3 is 5.69 Å². The largest absolute Gasteiger partial charge is 0.378 e. The third kappa shape index (κ3) is 2.27. The molecule has 2 heterocycles. The molecule has 1 aliphatic rings. The minimum atomic E-state index is -0.537. The first-order valence-corrected chi connectivity index (χ1v) is 5.63. The molecule has 0 spiro atoms. The molecule has 0 unspecified atom stereocenters. The van der Waals surface area contributed by atoms with Gasteiger partial charge in [0.1, 0.15) is 5.69 Å². The third-order valence-corrected chi connectivity index (χ3v) is 2.89. The molecule has 1 fully saturated rings. The second kappa shape index (κ2) is 4.52. The van der Waals surface area contributed by atoms with Gasteiger partial charge in [-0.25, -0.2) is 4.98 Å². The number of anilines is 2. The van der Waals surface area contributed by atoms with Gasteiger partial charge in [-0.3, -0.25) is 10.1 Å². The number of nitrogens with two attached hydrogens (primary N) is 1. The highest BCUT2D eigenvalue weighted by Crippen LogP contribution is 2.26. The lowest BCUT2D eigenvalue weighted by atomic mass is 10.1. The van der Waals surface area contributed by atoms with Crippen LogP contribution in [0.1, 0.15) is 25.0 Å². The molecular formula is C10H15N5O2. The van der Waals surface area contributed by atoms with Crippen LogP contribution in [0.15, 0.2) is 0 Å². The normalized spacial score (nSPS) is 15.9. The molecule has 0 bridgehead atoms. The smallest absolute Gasteiger partial charge is 0.332 e. The number of hydrogen-bond acceptors (Lipinski definition) is 6. The molecule has 7 nitrogen and oxygen atoms in total. The van der Waals surface area contributed by atoms with Gasteiger partial charge < -0.3 is 10.6 Å². The van der Waals surface area contributed by atoms with Crippen LogP contribution in [0.2, 0.25) is 0 Å². The molecule has 17 heavy (non-hydrogen) atoms. The molecule has 0 radical (unpaired) electrons. The van der Waals surface area contributed by atoms with Crippen LogP contribution in [-0.2, 0) is 0 Å². The van der Waals surface area contributed by atoms with E-state index in [1.165, 1.54) is 6.42 Å². The zero-order valence-electron chi connectivity index (χ0n) is 9.72. The molecule has 1 aromatic heterocycles. The standard InChI is InChI=1S/C10H15N5O2/c1-7-8(15(16)17)9(11)13-10(12-7)14-5-3-2-4-6-14/h2-6H2,1H3,(H2,11,12,13). The number of rotatable bonds is 2. The summed E-state index contributed by atoms with van der Waals surface area (Å²) in [6, 6.07) is 0. The Morgan fingerprint density at radius 1 is 1.29 bits per heavy atom. The molecule has 7 heteroatoms. The molecule has 0 saturated carbocycles. The van der Waals surface area contributed by atoms with Crippen LogP contribution in [0.5, 0.6) is 0 Å². The van der Waals surface area contributed by atoms with Crippen molar-refractivity contribution in [3.05, 3.63) is 15.8 Å². The van der Waals surface area contributed by atoms with Crippen molar-refractivity contribution in [2.24, 2.45) is 0 Å². The monoisotopic (exact) mass is 237 g/mol. The van der Waals surface area contributed by atoms with Crippen LogP contribution in [0, 0.1) is 17.0 Å². The van der Waals surface area contributed by atoms with Crippen molar-refractivity contribution in [3.63, 3.8) is 0 Å². The van der Waals surface area contributed by atoms with Crippen molar-refractivity contribution >= 4 is 17.5 Å². The number of aromatic nitrogens is 2. The maximum Gasteiger partial charge on any atom is 0.332 e. The molecule has 0 aromatic carbocycles. The van der Waals surface area contributed by atoms with Crippen molar-refractivity contribution in [2.75, 3.05) is 23.7 Å². The highest BCUT2D eigenvalue weighted by molar-refractivity contribution is 5.58. The maximum atomic E-state index is 10.8. The SMILES string of the molecule is Cc1nc(N2CCCCC2)nc(N)c1[N+](=O)[O-]. The first kappa shape index (κ1) is 11.6. The van der Waals surface area contributed by atoms with E-state index in [1.54, 1.807) is 6.92 Å². The number of nitro groups is 1. The van der Waals surface area contributed by atoms with Crippen LogP contribution in [-0.4, -0.2) is 28.0 Å². The van der Waals surface area contributed by atoms with E-state index in [0.717, 1.165) is 25.9 Å². The molecule has 0 amide bonds. The van der Waals surface area contributed by atoms with E-state index in [1.807, 2.05) is 4.90 Å². The fourth-order valence-corrected chi connectivity index (χ4v) is 2.03. The van der Waals surface area contributed by atoms with Gasteiger partial charge in [0.25, 0.3) is 0 Å². The molecule has 1 saturated heterocycles. The fraction of sp³-hybridized carbons (Fsp3) is 0.600. The lowest BCUT2D eigenvalue weighted by Crippen LogP contribution is -2.31. The van der Waals surface area contributed by atoms with Gasteiger partial charge in [0.15, 0.2) is 0 Å². The van der Waals surface area contributed by atoms with Gasteiger partial charge in [0.2, 0.25) is 11.8 Å². The lowest BCUT2D eigenvalue weighted by molar-refractivity contribution is -0.385. The first-order valence-electron chi connectivity index (χ1n) is 5.63. The van der Waals surface area contributed by atoms with Gasteiger partial charge in [0, 0.05) is 13.1 Å². The summed E-state index contributed by atoms with van der Waals surface area (Å²) in [6.45, 7) is 3.36. The molecule has 0 aliphatic carbocycles. The number of hydrogen-bond donors (Lipinski definition) is 1. The lowest BCUT2D eigenvalue weighted by Gasteiger charge is -2.26. The fourth-order valence-electron chi connectivity index (χ4n) is 2.03. The molecular weight excluding hydrogens is 222 g/mol. The van der Waals surface area contributed by atoms with Gasteiger partial charge in [-0.05, 0) is 26.2 Å². The maximum absolute atomic E-state index is 10.8.